The molecule has 0 radical (unpaired) electrons. The Hall–Kier alpha value is -3.52. The predicted molar refractivity (Wildman–Crippen MR) is 112 cm³/mol. The van der Waals surface area contributed by atoms with Gasteiger partial charge in [0.1, 0.15) is 23.0 Å². The summed E-state index contributed by atoms with van der Waals surface area (Å²) >= 11 is 3.44. The Labute approximate surface area is 174 Å². The number of benzene rings is 2. The third-order valence-corrected chi connectivity index (χ3v) is 4.91. The van der Waals surface area contributed by atoms with Crippen LogP contribution in [0.15, 0.2) is 65.3 Å². The first-order valence-electron chi connectivity index (χ1n) is 8.63. The lowest BCUT2D eigenvalue weighted by molar-refractivity contribution is -0.114. The van der Waals surface area contributed by atoms with E-state index in [1.807, 2.05) is 54.1 Å². The molecule has 2 aromatic carbocycles. The maximum Gasteiger partial charge on any atom is 0.291 e. The van der Waals surface area contributed by atoms with Gasteiger partial charge in [-0.2, -0.15) is 0 Å². The summed E-state index contributed by atoms with van der Waals surface area (Å²) in [5, 5.41) is 0. The highest BCUT2D eigenvalue weighted by Gasteiger charge is 2.15. The Morgan fingerprint density at radius 3 is 2.48 bits per heavy atom. The van der Waals surface area contributed by atoms with Gasteiger partial charge in [-0.25, -0.2) is 4.98 Å². The molecule has 29 heavy (non-hydrogen) atoms. The summed E-state index contributed by atoms with van der Waals surface area (Å²) in [5.74, 6) is -0.183. The van der Waals surface area contributed by atoms with Crippen LogP contribution in [-0.2, 0) is 11.8 Å². The number of ether oxygens (including phenoxy) is 1. The fourth-order valence-corrected chi connectivity index (χ4v) is 3.23. The zero-order chi connectivity index (χ0) is 20.5. The Bertz CT molecular complexity index is 1250. The van der Waals surface area contributed by atoms with Crippen molar-refractivity contribution in [1.82, 2.24) is 14.5 Å². The van der Waals surface area contributed by atoms with Gasteiger partial charge in [-0.1, -0.05) is 28.1 Å². The highest BCUT2D eigenvalue weighted by molar-refractivity contribution is 9.10. The van der Waals surface area contributed by atoms with Crippen LogP contribution >= 0.6 is 15.9 Å². The van der Waals surface area contributed by atoms with Gasteiger partial charge in [-0.15, -0.1) is 0 Å². The molecule has 0 saturated carbocycles. The molecule has 0 spiro atoms. The van der Waals surface area contributed by atoms with Crippen LogP contribution in [0.5, 0.6) is 11.5 Å². The second-order valence-corrected chi connectivity index (χ2v) is 7.24. The first kappa shape index (κ1) is 18.8. The van der Waals surface area contributed by atoms with E-state index in [2.05, 4.69) is 20.9 Å². The molecule has 8 heteroatoms. The van der Waals surface area contributed by atoms with E-state index in [0.717, 1.165) is 26.9 Å². The Morgan fingerprint density at radius 1 is 1.03 bits per heavy atom. The molecule has 0 aliphatic heterocycles. The number of primary amides is 1. The van der Waals surface area contributed by atoms with Crippen LogP contribution in [0.2, 0.25) is 0 Å². The van der Waals surface area contributed by atoms with E-state index in [1.54, 1.807) is 6.07 Å². The van der Waals surface area contributed by atoms with E-state index in [4.69, 9.17) is 15.5 Å². The van der Waals surface area contributed by atoms with Gasteiger partial charge in [0, 0.05) is 35.4 Å². The molecule has 144 valence electrons. The van der Waals surface area contributed by atoms with Gasteiger partial charge < -0.3 is 15.0 Å². The van der Waals surface area contributed by atoms with Crippen molar-refractivity contribution in [1.29, 1.82) is 0 Å². The molecule has 2 heterocycles. The van der Waals surface area contributed by atoms with Gasteiger partial charge in [-0.05, 0) is 30.3 Å². The fraction of sp³-hybridized carbons (Fsp3) is 0.0476. The number of carbonyl (C=O) groups excluding carboxylic acids is 2. The van der Waals surface area contributed by atoms with Crippen LogP contribution in [0.3, 0.4) is 0 Å². The van der Waals surface area contributed by atoms with Crippen molar-refractivity contribution in [2.45, 2.75) is 0 Å². The summed E-state index contributed by atoms with van der Waals surface area (Å²) in [6, 6.07) is 16.4. The van der Waals surface area contributed by atoms with Crippen molar-refractivity contribution >= 4 is 38.7 Å². The summed E-state index contributed by atoms with van der Waals surface area (Å²) in [5.41, 5.74) is 7.68. The number of Topliss-reactive ketones (excluding diaryl/α,β-unsaturated/α-hetero) is 1. The Morgan fingerprint density at radius 2 is 1.76 bits per heavy atom. The molecule has 4 aromatic rings. The van der Waals surface area contributed by atoms with Crippen LogP contribution in [0.1, 0.15) is 10.5 Å². The second-order valence-electron chi connectivity index (χ2n) is 6.32. The normalized spacial score (nSPS) is 10.8. The number of pyridine rings is 1. The number of imidazole rings is 1. The number of hydrogen-bond donors (Lipinski definition) is 1. The van der Waals surface area contributed by atoms with Crippen LogP contribution in [0, 0.1) is 0 Å². The van der Waals surface area contributed by atoms with Gasteiger partial charge in [0.2, 0.25) is 0 Å². The van der Waals surface area contributed by atoms with Crippen LogP contribution < -0.4 is 10.5 Å². The summed E-state index contributed by atoms with van der Waals surface area (Å²) in [6.07, 6.45) is 1.39. The average Bonchev–Trinajstić information content (AvgIpc) is 3.04. The van der Waals surface area contributed by atoms with Gasteiger partial charge >= 0.3 is 0 Å². The van der Waals surface area contributed by atoms with Crippen LogP contribution in [0.4, 0.5) is 0 Å². The monoisotopic (exact) mass is 450 g/mol. The van der Waals surface area contributed by atoms with Crippen molar-refractivity contribution in [3.63, 3.8) is 0 Å². The molecule has 0 fully saturated rings. The number of amides is 1. The number of aryl methyl sites for hydroxylation is 1. The van der Waals surface area contributed by atoms with Gasteiger partial charge in [0.15, 0.2) is 0 Å². The largest absolute Gasteiger partial charge is 0.457 e. The van der Waals surface area contributed by atoms with E-state index in [-0.39, 0.29) is 5.69 Å². The molecule has 2 aromatic heterocycles. The molecule has 0 atom stereocenters. The number of fused-ring (bicyclic) bond motifs is 1. The molecule has 0 aliphatic carbocycles. The Balaban J connectivity index is 1.66. The van der Waals surface area contributed by atoms with E-state index >= 15 is 0 Å². The molecule has 0 bridgehead atoms. The number of aromatic nitrogens is 3. The molecular weight excluding hydrogens is 436 g/mol. The lowest BCUT2D eigenvalue weighted by atomic mass is 10.2. The highest BCUT2D eigenvalue weighted by atomic mass is 79.9. The minimum absolute atomic E-state index is 0.0635. The number of hydrogen-bond acceptors (Lipinski definition) is 5. The molecule has 0 unspecified atom stereocenters. The number of nitrogens with zero attached hydrogens (tertiary/aromatic N) is 3. The van der Waals surface area contributed by atoms with Gasteiger partial charge in [0.05, 0.1) is 11.0 Å². The maximum atomic E-state index is 11.7. The van der Waals surface area contributed by atoms with Crippen molar-refractivity contribution in [3.8, 4) is 22.9 Å². The average molecular weight is 451 g/mol. The highest BCUT2D eigenvalue weighted by Crippen LogP contribution is 2.29. The van der Waals surface area contributed by atoms with Crippen LogP contribution in [0.25, 0.3) is 22.4 Å². The van der Waals surface area contributed by atoms with E-state index in [9.17, 15) is 9.59 Å². The van der Waals surface area contributed by atoms with Crippen LogP contribution in [-0.4, -0.2) is 26.2 Å². The summed E-state index contributed by atoms with van der Waals surface area (Å²) in [4.78, 5) is 31.4. The number of ketones is 1. The SMILES string of the molecule is Cn1c(-c2ccc(Br)cc2)nc2cc(Oc3ccnc(C(=O)C(N)=O)c3)ccc21. The van der Waals surface area contributed by atoms with Crippen molar-refractivity contribution < 1.29 is 14.3 Å². The minimum atomic E-state index is -1.06. The third kappa shape index (κ3) is 3.74. The predicted octanol–water partition coefficient (Wildman–Crippen LogP) is 3.86. The molecule has 2 N–H and O–H groups in total. The zero-order valence-electron chi connectivity index (χ0n) is 15.3. The number of carbonyl (C=O) groups is 2. The fourth-order valence-electron chi connectivity index (χ4n) is 2.96. The third-order valence-electron chi connectivity index (χ3n) is 4.38. The summed E-state index contributed by atoms with van der Waals surface area (Å²) < 4.78 is 8.84. The molecule has 1 amide bonds. The van der Waals surface area contributed by atoms with Crippen molar-refractivity contribution in [2.24, 2.45) is 12.8 Å². The van der Waals surface area contributed by atoms with Gasteiger partial charge in [-0.3, -0.25) is 14.6 Å². The zero-order valence-corrected chi connectivity index (χ0v) is 16.9. The smallest absolute Gasteiger partial charge is 0.291 e. The summed E-state index contributed by atoms with van der Waals surface area (Å²) in [6.45, 7) is 0. The second kappa shape index (κ2) is 7.48. The minimum Gasteiger partial charge on any atom is -0.457 e. The molecule has 7 nitrogen and oxygen atoms in total. The lowest BCUT2D eigenvalue weighted by Crippen LogP contribution is -2.23. The molecule has 0 aliphatic rings. The molecular formula is C21H15BrN4O3. The Kier molecular flexibility index (Phi) is 4.85. The first-order valence-corrected chi connectivity index (χ1v) is 9.42. The topological polar surface area (TPSA) is 100 Å². The number of rotatable bonds is 5. The molecule has 0 saturated heterocycles. The maximum absolute atomic E-state index is 11.7. The lowest BCUT2D eigenvalue weighted by Gasteiger charge is -2.06. The standard InChI is InChI=1S/C21H15BrN4O3/c1-26-18-7-6-14(29-15-8-9-24-17(11-15)19(27)20(23)28)10-16(18)25-21(26)12-2-4-13(22)5-3-12/h2-11H,1H3,(H2,23,28). The number of nitrogens with two attached hydrogens (primary N) is 1. The van der Waals surface area contributed by atoms with Crippen molar-refractivity contribution in [2.75, 3.05) is 0 Å². The van der Waals surface area contributed by atoms with E-state index in [0.29, 0.717) is 11.5 Å². The van der Waals surface area contributed by atoms with Gasteiger partial charge in [0.25, 0.3) is 11.7 Å². The number of halogens is 1. The summed E-state index contributed by atoms with van der Waals surface area (Å²) in [7, 11) is 1.96. The quantitative estimate of drug-likeness (QED) is 0.367. The van der Waals surface area contributed by atoms with E-state index in [1.165, 1.54) is 12.3 Å². The molecule has 4 rings (SSSR count). The first-order chi connectivity index (χ1) is 13.9. The van der Waals surface area contributed by atoms with Crippen molar-refractivity contribution in [3.05, 3.63) is 71.0 Å². The van der Waals surface area contributed by atoms with E-state index < -0.39 is 11.7 Å².